The van der Waals surface area contributed by atoms with Crippen LogP contribution in [0, 0.1) is 17.0 Å². The van der Waals surface area contributed by atoms with Crippen LogP contribution in [0.15, 0.2) is 78.9 Å². The highest BCUT2D eigenvalue weighted by Crippen LogP contribution is 2.24. The van der Waals surface area contributed by atoms with Crippen molar-refractivity contribution in [3.05, 3.63) is 106 Å². The monoisotopic (exact) mass is 580 g/mol. The second-order valence-corrected chi connectivity index (χ2v) is 12.9. The molecular weight excluding hydrogens is 544 g/mol. The summed E-state index contributed by atoms with van der Waals surface area (Å²) in [5, 5.41) is 14.3. The van der Waals surface area contributed by atoms with Crippen LogP contribution in [0.5, 0.6) is 0 Å². The first-order valence-corrected chi connectivity index (χ1v) is 14.9. The lowest BCUT2D eigenvalue weighted by molar-refractivity contribution is -0.384. The average Bonchev–Trinajstić information content (AvgIpc) is 2.89. The summed E-state index contributed by atoms with van der Waals surface area (Å²) in [4.78, 5) is 39.9. The third-order valence-electron chi connectivity index (χ3n) is 6.25. The Balaban J connectivity index is 2.09. The van der Waals surface area contributed by atoms with Gasteiger partial charge < -0.3 is 10.2 Å². The van der Waals surface area contributed by atoms with Crippen LogP contribution in [0.2, 0.25) is 0 Å². The highest BCUT2D eigenvalue weighted by Gasteiger charge is 2.34. The number of sulfonamides is 1. The second-order valence-electron chi connectivity index (χ2n) is 11.0. The van der Waals surface area contributed by atoms with E-state index in [0.717, 1.165) is 33.3 Å². The van der Waals surface area contributed by atoms with Gasteiger partial charge in [-0.3, -0.25) is 24.0 Å². The Hall–Kier alpha value is -4.25. The van der Waals surface area contributed by atoms with Gasteiger partial charge >= 0.3 is 0 Å². The number of rotatable bonds is 11. The molecule has 218 valence electrons. The Morgan fingerprint density at radius 3 is 2.15 bits per heavy atom. The minimum Gasteiger partial charge on any atom is -0.350 e. The van der Waals surface area contributed by atoms with Crippen LogP contribution < -0.4 is 9.62 Å². The van der Waals surface area contributed by atoms with E-state index in [-0.39, 0.29) is 30.2 Å². The van der Waals surface area contributed by atoms with E-state index in [1.807, 2.05) is 82.3 Å². The number of hydrogen-bond donors (Lipinski definition) is 1. The topological polar surface area (TPSA) is 130 Å². The molecule has 0 aliphatic rings. The molecule has 0 bridgehead atoms. The first-order chi connectivity index (χ1) is 19.1. The number of anilines is 1. The van der Waals surface area contributed by atoms with E-state index in [9.17, 15) is 28.1 Å². The number of non-ortho nitro benzene ring substituents is 1. The van der Waals surface area contributed by atoms with E-state index in [1.165, 1.54) is 23.1 Å². The Bertz CT molecular complexity index is 1490. The number of carbonyl (C=O) groups is 2. The van der Waals surface area contributed by atoms with Gasteiger partial charge in [-0.15, -0.1) is 0 Å². The third-order valence-corrected chi connectivity index (χ3v) is 7.39. The summed E-state index contributed by atoms with van der Waals surface area (Å²) in [6, 6.07) is 20.9. The minimum absolute atomic E-state index is 0.0240. The van der Waals surface area contributed by atoms with Gasteiger partial charge in [0, 0.05) is 30.6 Å². The molecule has 0 aliphatic carbocycles. The van der Waals surface area contributed by atoms with Gasteiger partial charge in [0.05, 0.1) is 16.9 Å². The number of benzene rings is 3. The van der Waals surface area contributed by atoms with Crippen molar-refractivity contribution in [3.8, 4) is 0 Å². The van der Waals surface area contributed by atoms with E-state index in [4.69, 9.17) is 0 Å². The van der Waals surface area contributed by atoms with Gasteiger partial charge in [-0.05, 0) is 44.9 Å². The minimum atomic E-state index is -4.04. The predicted octanol–water partition coefficient (Wildman–Crippen LogP) is 4.22. The van der Waals surface area contributed by atoms with E-state index in [0.29, 0.717) is 0 Å². The van der Waals surface area contributed by atoms with E-state index < -0.39 is 39.0 Å². The van der Waals surface area contributed by atoms with Crippen LogP contribution in [0.25, 0.3) is 0 Å². The fraction of sp³-hybridized carbons (Fsp3) is 0.333. The number of carbonyl (C=O) groups excluding carboxylic acids is 2. The summed E-state index contributed by atoms with van der Waals surface area (Å²) in [7, 11) is -4.04. The molecule has 3 aromatic rings. The van der Waals surface area contributed by atoms with Crippen molar-refractivity contribution in [3.63, 3.8) is 0 Å². The van der Waals surface area contributed by atoms with Crippen LogP contribution in [0.1, 0.15) is 37.5 Å². The summed E-state index contributed by atoms with van der Waals surface area (Å²) in [5.74, 6) is -1.02. The van der Waals surface area contributed by atoms with Gasteiger partial charge in [-0.1, -0.05) is 66.2 Å². The van der Waals surface area contributed by atoms with Crippen LogP contribution in [-0.4, -0.2) is 54.4 Å². The summed E-state index contributed by atoms with van der Waals surface area (Å²) in [5.41, 5.74) is 1.67. The average molecular weight is 581 g/mol. The summed E-state index contributed by atoms with van der Waals surface area (Å²) in [6.45, 7) is 6.84. The van der Waals surface area contributed by atoms with Crippen LogP contribution in [0.4, 0.5) is 11.4 Å². The first-order valence-electron chi connectivity index (χ1n) is 13.1. The molecule has 0 fully saturated rings. The molecule has 1 N–H and O–H groups in total. The van der Waals surface area contributed by atoms with E-state index >= 15 is 0 Å². The highest BCUT2D eigenvalue weighted by atomic mass is 32.2. The normalized spacial score (nSPS) is 12.3. The van der Waals surface area contributed by atoms with Gasteiger partial charge in [0.2, 0.25) is 21.8 Å². The maximum absolute atomic E-state index is 14.1. The molecule has 0 unspecified atom stereocenters. The van der Waals surface area contributed by atoms with Crippen LogP contribution in [-0.2, 0) is 32.6 Å². The van der Waals surface area contributed by atoms with Crippen molar-refractivity contribution in [2.75, 3.05) is 17.1 Å². The highest BCUT2D eigenvalue weighted by molar-refractivity contribution is 7.92. The van der Waals surface area contributed by atoms with Crippen LogP contribution in [0.3, 0.4) is 0 Å². The molecule has 3 rings (SSSR count). The van der Waals surface area contributed by atoms with Crippen molar-refractivity contribution < 1.29 is 22.9 Å². The largest absolute Gasteiger partial charge is 0.350 e. The maximum atomic E-state index is 14.1. The quantitative estimate of drug-likeness (QED) is 0.267. The van der Waals surface area contributed by atoms with Crippen molar-refractivity contribution in [2.24, 2.45) is 0 Å². The number of nitrogens with one attached hydrogen (secondary N) is 1. The number of nitrogens with zero attached hydrogens (tertiary/aromatic N) is 3. The Morgan fingerprint density at radius 1 is 0.951 bits per heavy atom. The lowest BCUT2D eigenvalue weighted by Crippen LogP contribution is -2.56. The SMILES string of the molecule is Cc1ccc(CN(C(=O)CN(c2cccc([N+](=O)[O-])c2)S(C)(=O)=O)[C@H](Cc2ccccc2)C(=O)NC(C)(C)C)cc1. The smallest absolute Gasteiger partial charge is 0.271 e. The van der Waals surface area contributed by atoms with Crippen molar-refractivity contribution in [1.29, 1.82) is 0 Å². The number of hydrogen-bond acceptors (Lipinski definition) is 6. The molecule has 41 heavy (non-hydrogen) atoms. The molecule has 0 radical (unpaired) electrons. The van der Waals surface area contributed by atoms with Gasteiger partial charge in [0.1, 0.15) is 12.6 Å². The molecule has 10 nitrogen and oxygen atoms in total. The van der Waals surface area contributed by atoms with E-state index in [2.05, 4.69) is 5.32 Å². The fourth-order valence-electron chi connectivity index (χ4n) is 4.27. The standard InChI is InChI=1S/C30H36N4O6S/c1-22-14-16-24(17-15-22)20-32(27(29(36)31-30(2,3)4)18-23-10-7-6-8-11-23)28(35)21-33(41(5,39)40)25-12-9-13-26(19-25)34(37)38/h6-17,19,27H,18,20-21H2,1-5H3,(H,31,36)/t27-/m1/s1. The second kappa shape index (κ2) is 12.9. The van der Waals surface area contributed by atoms with E-state index in [1.54, 1.807) is 0 Å². The molecular formula is C30H36N4O6S. The van der Waals surface area contributed by atoms with Gasteiger partial charge in [-0.2, -0.15) is 0 Å². The third kappa shape index (κ3) is 9.14. The predicted molar refractivity (Wildman–Crippen MR) is 159 cm³/mol. The zero-order chi connectivity index (χ0) is 30.4. The Morgan fingerprint density at radius 2 is 1.59 bits per heavy atom. The maximum Gasteiger partial charge on any atom is 0.271 e. The lowest BCUT2D eigenvalue weighted by Gasteiger charge is -2.35. The molecule has 0 aliphatic heterocycles. The molecule has 1 atom stereocenters. The number of aryl methyl sites for hydroxylation is 1. The van der Waals surface area contributed by atoms with Crippen molar-refractivity contribution in [2.45, 2.75) is 52.2 Å². The molecule has 0 aromatic heterocycles. The zero-order valence-corrected chi connectivity index (χ0v) is 24.7. The molecule has 2 amide bonds. The fourth-order valence-corrected chi connectivity index (χ4v) is 5.11. The molecule has 0 spiro atoms. The van der Waals surface area contributed by atoms with Crippen molar-refractivity contribution in [1.82, 2.24) is 10.2 Å². The Kier molecular flexibility index (Phi) is 9.88. The zero-order valence-electron chi connectivity index (χ0n) is 23.9. The van der Waals surface area contributed by atoms with Gasteiger partial charge in [0.25, 0.3) is 5.69 Å². The molecule has 3 aromatic carbocycles. The number of nitro groups is 1. The van der Waals surface area contributed by atoms with Crippen LogP contribution >= 0.6 is 0 Å². The number of nitro benzene ring substituents is 1. The van der Waals surface area contributed by atoms with Gasteiger partial charge in [-0.25, -0.2) is 8.42 Å². The summed E-state index contributed by atoms with van der Waals surface area (Å²) >= 11 is 0. The first kappa shape index (κ1) is 31.3. The van der Waals surface area contributed by atoms with Crippen molar-refractivity contribution >= 4 is 33.2 Å². The Labute approximate surface area is 241 Å². The summed E-state index contributed by atoms with van der Waals surface area (Å²) < 4.78 is 26.5. The lowest BCUT2D eigenvalue weighted by atomic mass is 10.0. The molecule has 0 saturated heterocycles. The summed E-state index contributed by atoms with van der Waals surface area (Å²) in [6.07, 6.45) is 1.12. The molecule has 0 heterocycles. The van der Waals surface area contributed by atoms with Gasteiger partial charge in [0.15, 0.2) is 0 Å². The molecule has 11 heteroatoms. The number of amides is 2. The molecule has 0 saturated carbocycles.